The molecule has 0 saturated heterocycles. The zero-order valence-corrected chi connectivity index (χ0v) is 13.0. The van der Waals surface area contributed by atoms with Crippen LogP contribution in [-0.2, 0) is 9.59 Å². The summed E-state index contributed by atoms with van der Waals surface area (Å²) >= 11 is 0. The Hall–Kier alpha value is -1.27. The predicted molar refractivity (Wildman–Crippen MR) is 75.2 cm³/mol. The van der Waals surface area contributed by atoms with Gasteiger partial charge < -0.3 is 10.4 Å². The maximum Gasteiger partial charge on any atom is 0.392 e. The Morgan fingerprint density at radius 1 is 1.14 bits per heavy atom. The number of nitrogens with one attached hydrogen (secondary N) is 1. The summed E-state index contributed by atoms with van der Waals surface area (Å²) in [6.07, 6.45) is -2.53. The number of carbonyl (C=O) groups excluding carboxylic acids is 1. The van der Waals surface area contributed by atoms with Crippen LogP contribution in [0, 0.1) is 17.3 Å². The molecule has 2 N–H and O–H groups in total. The van der Waals surface area contributed by atoms with Crippen LogP contribution in [0.1, 0.15) is 52.4 Å². The highest BCUT2D eigenvalue weighted by molar-refractivity contribution is 5.81. The SMILES string of the molecule is CCC(CC)(CNC(=O)C1CCCCC1C(F)(F)F)C(=O)O. The molecule has 0 aromatic carbocycles. The lowest BCUT2D eigenvalue weighted by atomic mass is 9.77. The number of alkyl halides is 3. The zero-order chi connectivity index (χ0) is 17.0. The first-order valence-corrected chi connectivity index (χ1v) is 7.75. The molecule has 0 aliphatic heterocycles. The van der Waals surface area contributed by atoms with E-state index < -0.39 is 35.3 Å². The Morgan fingerprint density at radius 3 is 2.14 bits per heavy atom. The normalized spacial score (nSPS) is 23.1. The first kappa shape index (κ1) is 18.8. The molecule has 4 nitrogen and oxygen atoms in total. The third-order valence-electron chi connectivity index (χ3n) is 4.93. The van der Waals surface area contributed by atoms with Crippen LogP contribution in [0.3, 0.4) is 0 Å². The molecule has 1 rings (SSSR count). The predicted octanol–water partition coefficient (Wildman–Crippen LogP) is 3.36. The average molecular weight is 323 g/mol. The first-order valence-electron chi connectivity index (χ1n) is 7.75. The molecule has 1 saturated carbocycles. The number of hydrogen-bond acceptors (Lipinski definition) is 2. The third-order valence-corrected chi connectivity index (χ3v) is 4.93. The van der Waals surface area contributed by atoms with E-state index in [1.165, 1.54) is 0 Å². The number of hydrogen-bond donors (Lipinski definition) is 2. The maximum atomic E-state index is 13.0. The van der Waals surface area contributed by atoms with E-state index in [2.05, 4.69) is 5.32 Å². The summed E-state index contributed by atoms with van der Waals surface area (Å²) in [4.78, 5) is 23.5. The van der Waals surface area contributed by atoms with Gasteiger partial charge in [-0.1, -0.05) is 26.7 Å². The smallest absolute Gasteiger partial charge is 0.392 e. The fourth-order valence-electron chi connectivity index (χ4n) is 3.10. The van der Waals surface area contributed by atoms with Gasteiger partial charge in [-0.2, -0.15) is 13.2 Å². The number of rotatable bonds is 6. The van der Waals surface area contributed by atoms with Gasteiger partial charge in [-0.15, -0.1) is 0 Å². The van der Waals surface area contributed by atoms with Crippen molar-refractivity contribution in [2.45, 2.75) is 58.5 Å². The number of halogens is 3. The fraction of sp³-hybridized carbons (Fsp3) is 0.867. The van der Waals surface area contributed by atoms with Crippen molar-refractivity contribution in [3.8, 4) is 0 Å². The van der Waals surface area contributed by atoms with Crippen LogP contribution in [0.2, 0.25) is 0 Å². The topological polar surface area (TPSA) is 66.4 Å². The number of carboxylic acid groups (broad SMARTS) is 1. The van der Waals surface area contributed by atoms with Crippen molar-refractivity contribution in [3.05, 3.63) is 0 Å². The highest BCUT2D eigenvalue weighted by Crippen LogP contribution is 2.41. The Kier molecular flexibility index (Phi) is 6.26. The molecule has 2 atom stereocenters. The molecule has 2 unspecified atom stereocenters. The number of carboxylic acids is 1. The molecule has 7 heteroatoms. The van der Waals surface area contributed by atoms with Gasteiger partial charge in [0.25, 0.3) is 0 Å². The molecule has 1 aliphatic carbocycles. The lowest BCUT2D eigenvalue weighted by Crippen LogP contribution is -2.47. The van der Waals surface area contributed by atoms with E-state index in [1.54, 1.807) is 13.8 Å². The van der Waals surface area contributed by atoms with E-state index in [-0.39, 0.29) is 19.4 Å². The van der Waals surface area contributed by atoms with Gasteiger partial charge in [0.2, 0.25) is 5.91 Å². The second-order valence-electron chi connectivity index (χ2n) is 6.05. The zero-order valence-electron chi connectivity index (χ0n) is 13.0. The first-order chi connectivity index (χ1) is 10.2. The highest BCUT2D eigenvalue weighted by Gasteiger charge is 2.48. The van der Waals surface area contributed by atoms with E-state index in [9.17, 15) is 27.9 Å². The van der Waals surface area contributed by atoms with Crippen LogP contribution in [0.4, 0.5) is 13.2 Å². The van der Waals surface area contributed by atoms with E-state index in [4.69, 9.17) is 0 Å². The van der Waals surface area contributed by atoms with Gasteiger partial charge in [-0.05, 0) is 25.7 Å². The van der Waals surface area contributed by atoms with Gasteiger partial charge in [-0.3, -0.25) is 9.59 Å². The van der Waals surface area contributed by atoms with Crippen molar-refractivity contribution < 1.29 is 27.9 Å². The van der Waals surface area contributed by atoms with Crippen molar-refractivity contribution in [1.29, 1.82) is 0 Å². The molecule has 128 valence electrons. The number of carbonyl (C=O) groups is 2. The van der Waals surface area contributed by atoms with Crippen molar-refractivity contribution in [2.24, 2.45) is 17.3 Å². The second kappa shape index (κ2) is 7.33. The van der Waals surface area contributed by atoms with Crippen LogP contribution in [-0.4, -0.2) is 29.7 Å². The average Bonchev–Trinajstić information content (AvgIpc) is 2.47. The van der Waals surface area contributed by atoms with Crippen molar-refractivity contribution >= 4 is 11.9 Å². The number of aliphatic carboxylic acids is 1. The van der Waals surface area contributed by atoms with Crippen LogP contribution in [0.25, 0.3) is 0 Å². The molecule has 1 amide bonds. The lowest BCUT2D eigenvalue weighted by Gasteiger charge is -2.33. The summed E-state index contributed by atoms with van der Waals surface area (Å²) in [5.74, 6) is -4.43. The number of amides is 1. The third kappa shape index (κ3) is 4.14. The summed E-state index contributed by atoms with van der Waals surface area (Å²) in [5.41, 5.74) is -1.11. The van der Waals surface area contributed by atoms with E-state index >= 15 is 0 Å². The summed E-state index contributed by atoms with van der Waals surface area (Å²) < 4.78 is 39.0. The van der Waals surface area contributed by atoms with Crippen LogP contribution < -0.4 is 5.32 Å². The van der Waals surface area contributed by atoms with Gasteiger partial charge in [0.15, 0.2) is 0 Å². The Balaban J connectivity index is 2.76. The molecule has 1 fully saturated rings. The minimum atomic E-state index is -4.39. The molecule has 0 bridgehead atoms. The molecular weight excluding hydrogens is 299 g/mol. The van der Waals surface area contributed by atoms with E-state index in [1.807, 2.05) is 0 Å². The van der Waals surface area contributed by atoms with Crippen molar-refractivity contribution in [3.63, 3.8) is 0 Å². The summed E-state index contributed by atoms with van der Waals surface area (Å²) in [6.45, 7) is 3.26. The Morgan fingerprint density at radius 2 is 1.68 bits per heavy atom. The Labute approximate surface area is 128 Å². The molecular formula is C15H24F3NO3. The van der Waals surface area contributed by atoms with Crippen LogP contribution in [0.15, 0.2) is 0 Å². The minimum absolute atomic E-state index is 0.0345. The molecule has 0 aromatic heterocycles. The molecule has 22 heavy (non-hydrogen) atoms. The Bertz CT molecular complexity index is 405. The fourth-order valence-corrected chi connectivity index (χ4v) is 3.10. The van der Waals surface area contributed by atoms with Gasteiger partial charge in [0.1, 0.15) is 0 Å². The van der Waals surface area contributed by atoms with E-state index in [0.717, 1.165) is 0 Å². The monoisotopic (exact) mass is 323 g/mol. The van der Waals surface area contributed by atoms with Gasteiger partial charge in [0.05, 0.1) is 11.3 Å². The van der Waals surface area contributed by atoms with Gasteiger partial charge in [-0.25, -0.2) is 0 Å². The molecule has 0 aromatic rings. The second-order valence-corrected chi connectivity index (χ2v) is 6.05. The van der Waals surface area contributed by atoms with Gasteiger partial charge >= 0.3 is 12.1 Å². The largest absolute Gasteiger partial charge is 0.481 e. The summed E-state index contributed by atoms with van der Waals surface area (Å²) in [7, 11) is 0. The lowest BCUT2D eigenvalue weighted by molar-refractivity contribution is -0.198. The minimum Gasteiger partial charge on any atom is -0.481 e. The maximum absolute atomic E-state index is 13.0. The molecule has 1 aliphatic rings. The summed E-state index contributed by atoms with van der Waals surface area (Å²) in [6, 6.07) is 0. The van der Waals surface area contributed by atoms with Crippen LogP contribution in [0.5, 0.6) is 0 Å². The molecule has 0 radical (unpaired) electrons. The van der Waals surface area contributed by atoms with Gasteiger partial charge in [0, 0.05) is 12.5 Å². The van der Waals surface area contributed by atoms with E-state index in [0.29, 0.717) is 25.7 Å². The quantitative estimate of drug-likeness (QED) is 0.787. The van der Waals surface area contributed by atoms with Crippen LogP contribution >= 0.6 is 0 Å². The highest BCUT2D eigenvalue weighted by atomic mass is 19.4. The molecule has 0 spiro atoms. The standard InChI is InChI=1S/C15H24F3NO3/c1-3-14(4-2,13(21)22)9-19-12(20)10-7-5-6-8-11(10)15(16,17)18/h10-11H,3-9H2,1-2H3,(H,19,20)(H,21,22). The molecule has 0 heterocycles. The van der Waals surface area contributed by atoms with Crippen molar-refractivity contribution in [2.75, 3.05) is 6.54 Å². The van der Waals surface area contributed by atoms with Crippen molar-refractivity contribution in [1.82, 2.24) is 5.32 Å². The summed E-state index contributed by atoms with van der Waals surface area (Å²) in [5, 5.41) is 11.8.